The Morgan fingerprint density at radius 1 is 1.35 bits per heavy atom. The van der Waals surface area contributed by atoms with Crippen molar-refractivity contribution in [2.24, 2.45) is 0 Å². The number of nitrogens with one attached hydrogen (secondary N) is 1. The highest BCUT2D eigenvalue weighted by Gasteiger charge is 2.21. The number of ether oxygens (including phenoxy) is 1. The lowest BCUT2D eigenvalue weighted by Crippen LogP contribution is -2.49. The number of nitrogens with zero attached hydrogens (tertiary/aromatic N) is 1. The molecule has 1 amide bonds. The van der Waals surface area contributed by atoms with Gasteiger partial charge in [0.25, 0.3) is 0 Å². The van der Waals surface area contributed by atoms with Crippen molar-refractivity contribution >= 4 is 5.91 Å². The highest BCUT2D eigenvalue weighted by atomic mass is 16.5. The number of benzene rings is 1. The monoisotopic (exact) mass is 276 g/mol. The lowest BCUT2D eigenvalue weighted by Gasteiger charge is -2.29. The minimum absolute atomic E-state index is 0.159. The lowest BCUT2D eigenvalue weighted by molar-refractivity contribution is -0.137. The van der Waals surface area contributed by atoms with Crippen LogP contribution in [0.25, 0.3) is 0 Å². The summed E-state index contributed by atoms with van der Waals surface area (Å²) in [6, 6.07) is 6.25. The maximum absolute atomic E-state index is 12.3. The Kier molecular flexibility index (Phi) is 5.15. The average molecular weight is 276 g/mol. The molecule has 110 valence electrons. The van der Waals surface area contributed by atoms with Crippen LogP contribution in [0.5, 0.6) is 0 Å². The van der Waals surface area contributed by atoms with Crippen molar-refractivity contribution in [1.82, 2.24) is 10.2 Å². The molecule has 4 nitrogen and oxygen atoms in total. The topological polar surface area (TPSA) is 41.6 Å². The first-order valence-electron chi connectivity index (χ1n) is 7.24. The van der Waals surface area contributed by atoms with Gasteiger partial charge in [0, 0.05) is 19.6 Å². The first kappa shape index (κ1) is 15.0. The zero-order valence-electron chi connectivity index (χ0n) is 12.6. The van der Waals surface area contributed by atoms with E-state index >= 15 is 0 Å². The summed E-state index contributed by atoms with van der Waals surface area (Å²) >= 11 is 0. The van der Waals surface area contributed by atoms with Gasteiger partial charge in [-0.1, -0.05) is 23.8 Å². The largest absolute Gasteiger partial charge is 0.378 e. The highest BCUT2D eigenvalue weighted by molar-refractivity contribution is 5.81. The highest BCUT2D eigenvalue weighted by Crippen LogP contribution is 2.11. The van der Waals surface area contributed by atoms with Crippen molar-refractivity contribution in [2.75, 3.05) is 26.3 Å². The van der Waals surface area contributed by atoms with Gasteiger partial charge in [-0.05, 0) is 31.9 Å². The Labute approximate surface area is 121 Å². The number of carbonyl (C=O) groups excluding carboxylic acids is 1. The van der Waals surface area contributed by atoms with Crippen LogP contribution in [0.2, 0.25) is 0 Å². The van der Waals surface area contributed by atoms with Crippen molar-refractivity contribution < 1.29 is 9.53 Å². The summed E-state index contributed by atoms with van der Waals surface area (Å²) in [4.78, 5) is 14.2. The van der Waals surface area contributed by atoms with Gasteiger partial charge in [-0.2, -0.15) is 0 Å². The van der Waals surface area contributed by atoms with Crippen LogP contribution in [0.1, 0.15) is 23.6 Å². The molecule has 1 aliphatic heterocycles. The van der Waals surface area contributed by atoms with Crippen LogP contribution in [0.3, 0.4) is 0 Å². The molecule has 4 heteroatoms. The Hall–Kier alpha value is -1.39. The van der Waals surface area contributed by atoms with Gasteiger partial charge in [-0.25, -0.2) is 0 Å². The van der Waals surface area contributed by atoms with Crippen LogP contribution < -0.4 is 5.32 Å². The lowest BCUT2D eigenvalue weighted by atomic mass is 10.1. The third kappa shape index (κ3) is 3.81. The number of carbonyl (C=O) groups is 1. The second-order valence-corrected chi connectivity index (χ2v) is 5.47. The first-order chi connectivity index (χ1) is 9.58. The van der Waals surface area contributed by atoms with Crippen molar-refractivity contribution in [1.29, 1.82) is 0 Å². The van der Waals surface area contributed by atoms with Crippen LogP contribution >= 0.6 is 0 Å². The second-order valence-electron chi connectivity index (χ2n) is 5.47. The summed E-state index contributed by atoms with van der Waals surface area (Å²) in [6.07, 6.45) is 0. The third-order valence-electron chi connectivity index (χ3n) is 3.80. The maximum Gasteiger partial charge on any atom is 0.239 e. The number of morpholine rings is 1. The number of hydrogen-bond donors (Lipinski definition) is 1. The van der Waals surface area contributed by atoms with Gasteiger partial charge in [0.2, 0.25) is 5.91 Å². The van der Waals surface area contributed by atoms with Gasteiger partial charge in [0.15, 0.2) is 0 Å². The van der Waals surface area contributed by atoms with Gasteiger partial charge in [0.05, 0.1) is 19.3 Å². The number of hydrogen-bond acceptors (Lipinski definition) is 3. The van der Waals surface area contributed by atoms with E-state index in [0.717, 1.165) is 6.54 Å². The first-order valence-corrected chi connectivity index (χ1v) is 7.24. The molecular weight excluding hydrogens is 252 g/mol. The molecule has 0 saturated carbocycles. The summed E-state index contributed by atoms with van der Waals surface area (Å²) < 4.78 is 5.27. The van der Waals surface area contributed by atoms with Gasteiger partial charge < -0.3 is 15.0 Å². The molecule has 1 aromatic rings. The molecule has 1 atom stereocenters. The summed E-state index contributed by atoms with van der Waals surface area (Å²) in [7, 11) is 0. The van der Waals surface area contributed by atoms with Crippen molar-refractivity contribution in [3.63, 3.8) is 0 Å². The fraction of sp³-hybridized carbons (Fsp3) is 0.562. The Balaban J connectivity index is 1.89. The molecule has 0 aliphatic carbocycles. The molecule has 1 heterocycles. The molecule has 0 bridgehead atoms. The van der Waals surface area contributed by atoms with E-state index in [4.69, 9.17) is 4.74 Å². The van der Waals surface area contributed by atoms with Gasteiger partial charge in [-0.3, -0.25) is 4.79 Å². The Bertz CT molecular complexity index is 468. The predicted molar refractivity (Wildman–Crippen MR) is 79.6 cm³/mol. The van der Waals surface area contributed by atoms with Crippen molar-refractivity contribution in [3.8, 4) is 0 Å². The normalized spacial score (nSPS) is 17.1. The molecule has 1 saturated heterocycles. The molecule has 1 aromatic carbocycles. The molecule has 20 heavy (non-hydrogen) atoms. The van der Waals surface area contributed by atoms with E-state index in [0.29, 0.717) is 26.3 Å². The second kappa shape index (κ2) is 6.86. The van der Waals surface area contributed by atoms with Crippen LogP contribution in [0.15, 0.2) is 18.2 Å². The smallest absolute Gasteiger partial charge is 0.239 e. The molecular formula is C16H24N2O2. The number of amides is 1. The average Bonchev–Trinajstić information content (AvgIpc) is 2.48. The fourth-order valence-electron chi connectivity index (χ4n) is 2.40. The fourth-order valence-corrected chi connectivity index (χ4v) is 2.40. The zero-order valence-corrected chi connectivity index (χ0v) is 12.6. The van der Waals surface area contributed by atoms with E-state index in [9.17, 15) is 4.79 Å². The van der Waals surface area contributed by atoms with Crippen LogP contribution in [-0.2, 0) is 16.1 Å². The molecule has 2 rings (SSSR count). The predicted octanol–water partition coefficient (Wildman–Crippen LogP) is 1.64. The SMILES string of the molecule is Cc1ccc(C)c(CNC(C)C(=O)N2CCOCC2)c1. The molecule has 1 unspecified atom stereocenters. The summed E-state index contributed by atoms with van der Waals surface area (Å²) in [5.74, 6) is 0.165. The van der Waals surface area contributed by atoms with Crippen molar-refractivity contribution in [3.05, 3.63) is 34.9 Å². The Morgan fingerprint density at radius 3 is 2.75 bits per heavy atom. The molecule has 1 N–H and O–H groups in total. The van der Waals surface area contributed by atoms with E-state index in [1.54, 1.807) is 0 Å². The molecule has 0 spiro atoms. The number of aryl methyl sites for hydroxylation is 2. The van der Waals surface area contributed by atoms with Crippen LogP contribution in [0.4, 0.5) is 0 Å². The maximum atomic E-state index is 12.3. The van der Waals surface area contributed by atoms with Crippen LogP contribution in [-0.4, -0.2) is 43.2 Å². The third-order valence-corrected chi connectivity index (χ3v) is 3.80. The van der Waals surface area contributed by atoms with Gasteiger partial charge in [-0.15, -0.1) is 0 Å². The molecule has 0 aromatic heterocycles. The number of rotatable bonds is 4. The van der Waals surface area contributed by atoms with E-state index in [1.807, 2.05) is 11.8 Å². The Morgan fingerprint density at radius 2 is 2.05 bits per heavy atom. The summed E-state index contributed by atoms with van der Waals surface area (Å²) in [6.45, 7) is 9.55. The zero-order chi connectivity index (χ0) is 14.5. The quantitative estimate of drug-likeness (QED) is 0.909. The van der Waals surface area contributed by atoms with Gasteiger partial charge in [0.1, 0.15) is 0 Å². The molecule has 1 fully saturated rings. The minimum Gasteiger partial charge on any atom is -0.378 e. The van der Waals surface area contributed by atoms with E-state index in [-0.39, 0.29) is 11.9 Å². The molecule has 1 aliphatic rings. The standard InChI is InChI=1S/C16H24N2O2/c1-12-4-5-13(2)15(10-12)11-17-14(3)16(19)18-6-8-20-9-7-18/h4-5,10,14,17H,6-9,11H2,1-3H3. The molecule has 0 radical (unpaired) electrons. The summed E-state index contributed by atoms with van der Waals surface area (Å²) in [5, 5.41) is 3.33. The van der Waals surface area contributed by atoms with E-state index in [1.165, 1.54) is 16.7 Å². The minimum atomic E-state index is -0.159. The van der Waals surface area contributed by atoms with E-state index in [2.05, 4.69) is 37.4 Å². The van der Waals surface area contributed by atoms with E-state index < -0.39 is 0 Å². The summed E-state index contributed by atoms with van der Waals surface area (Å²) in [5.41, 5.74) is 3.76. The van der Waals surface area contributed by atoms with Gasteiger partial charge >= 0.3 is 0 Å². The van der Waals surface area contributed by atoms with Crippen molar-refractivity contribution in [2.45, 2.75) is 33.4 Å². The van der Waals surface area contributed by atoms with Crippen LogP contribution in [0, 0.1) is 13.8 Å².